The van der Waals surface area contributed by atoms with Crippen molar-refractivity contribution in [2.24, 2.45) is 0 Å². The summed E-state index contributed by atoms with van der Waals surface area (Å²) in [4.78, 5) is 65.7. The van der Waals surface area contributed by atoms with Gasteiger partial charge in [0.15, 0.2) is 0 Å². The predicted molar refractivity (Wildman–Crippen MR) is 184 cm³/mol. The van der Waals surface area contributed by atoms with Crippen LogP contribution in [0.2, 0.25) is 0 Å². The number of rotatable bonds is 9. The van der Waals surface area contributed by atoms with Crippen LogP contribution >= 0.6 is 34.4 Å². The molecule has 0 aromatic heterocycles. The molecule has 1 heterocycles. The zero-order valence-electron chi connectivity index (χ0n) is 24.0. The van der Waals surface area contributed by atoms with E-state index in [4.69, 9.17) is 0 Å². The summed E-state index contributed by atoms with van der Waals surface area (Å²) in [5.74, 6) is -1.79. The number of thioether (sulfide) groups is 1. The van der Waals surface area contributed by atoms with Gasteiger partial charge in [0.25, 0.3) is 11.8 Å². The van der Waals surface area contributed by atoms with Crippen LogP contribution in [0.15, 0.2) is 114 Å². The summed E-state index contributed by atoms with van der Waals surface area (Å²) >= 11 is 3.41. The third-order valence-electron chi connectivity index (χ3n) is 6.63. The highest BCUT2D eigenvalue weighted by Crippen LogP contribution is 2.35. The molecule has 1 fully saturated rings. The molecule has 4 aromatic carbocycles. The summed E-state index contributed by atoms with van der Waals surface area (Å²) in [5.41, 5.74) is 2.57. The van der Waals surface area contributed by atoms with E-state index in [-0.39, 0.29) is 29.8 Å². The van der Waals surface area contributed by atoms with E-state index in [1.54, 1.807) is 91.0 Å². The minimum absolute atomic E-state index is 0.00100. The van der Waals surface area contributed by atoms with Gasteiger partial charge in [-0.3, -0.25) is 24.0 Å². The highest BCUT2D eigenvalue weighted by Gasteiger charge is 2.40. The van der Waals surface area contributed by atoms with Gasteiger partial charge < -0.3 is 16.0 Å². The molecule has 5 amide bonds. The number of imide groups is 1. The molecule has 4 aromatic rings. The summed E-state index contributed by atoms with van der Waals surface area (Å²) in [7, 11) is 0. The predicted octanol–water partition coefficient (Wildman–Crippen LogP) is 6.08. The average molecular weight is 731 g/mol. The van der Waals surface area contributed by atoms with Crippen LogP contribution < -0.4 is 20.9 Å². The molecule has 9 nitrogen and oxygen atoms in total. The largest absolute Gasteiger partial charge is 0.326 e. The van der Waals surface area contributed by atoms with Gasteiger partial charge in [-0.25, -0.2) is 4.90 Å². The fourth-order valence-electron chi connectivity index (χ4n) is 4.54. The second kappa shape index (κ2) is 14.4. The van der Waals surface area contributed by atoms with Crippen LogP contribution in [0.1, 0.15) is 29.3 Å². The molecule has 1 saturated heterocycles. The normalized spacial score (nSPS) is 14.7. The topological polar surface area (TPSA) is 125 Å². The molecule has 1 atom stereocenters. The Kier molecular flexibility index (Phi) is 10.1. The summed E-state index contributed by atoms with van der Waals surface area (Å²) < 4.78 is 0.998. The first-order valence-corrected chi connectivity index (χ1v) is 15.8. The lowest BCUT2D eigenvalue weighted by Crippen LogP contribution is -2.31. The molecule has 0 spiro atoms. The lowest BCUT2D eigenvalue weighted by Gasteiger charge is -2.15. The molecule has 5 rings (SSSR count). The summed E-state index contributed by atoms with van der Waals surface area (Å²) in [6.07, 6.45) is 1.60. The van der Waals surface area contributed by atoms with Crippen LogP contribution in [0.25, 0.3) is 6.08 Å². The van der Waals surface area contributed by atoms with Gasteiger partial charge in [0.05, 0.1) is 10.9 Å². The van der Waals surface area contributed by atoms with E-state index in [1.165, 1.54) is 29.7 Å². The highest BCUT2D eigenvalue weighted by atomic mass is 127. The monoisotopic (exact) mass is 730 g/mol. The van der Waals surface area contributed by atoms with Crippen molar-refractivity contribution in [3.05, 3.63) is 124 Å². The molecule has 3 N–H and O–H groups in total. The van der Waals surface area contributed by atoms with E-state index in [0.717, 1.165) is 3.57 Å². The molecule has 11 heteroatoms. The van der Waals surface area contributed by atoms with Gasteiger partial charge in [-0.1, -0.05) is 36.4 Å². The molecule has 0 aliphatic carbocycles. The zero-order valence-corrected chi connectivity index (χ0v) is 26.9. The van der Waals surface area contributed by atoms with Gasteiger partial charge in [-0.05, 0) is 101 Å². The number of halogens is 1. The molecule has 0 saturated carbocycles. The van der Waals surface area contributed by atoms with Crippen LogP contribution in [0.4, 0.5) is 17.1 Å². The maximum absolute atomic E-state index is 13.5. The Hall–Kier alpha value is -4.75. The number of nitrogens with one attached hydrogen (secondary N) is 3. The number of carbonyl (C=O) groups excluding carboxylic acids is 5. The third kappa shape index (κ3) is 8.25. The van der Waals surface area contributed by atoms with Crippen LogP contribution in [0.3, 0.4) is 0 Å². The number of anilines is 3. The number of nitrogens with zero attached hydrogens (tertiary/aromatic N) is 1. The van der Waals surface area contributed by atoms with Crippen molar-refractivity contribution in [1.82, 2.24) is 5.32 Å². The van der Waals surface area contributed by atoms with Crippen molar-refractivity contribution >= 4 is 87.0 Å². The van der Waals surface area contributed by atoms with Crippen LogP contribution in [0, 0.1) is 3.57 Å². The van der Waals surface area contributed by atoms with Crippen LogP contribution in [-0.2, 0) is 19.2 Å². The van der Waals surface area contributed by atoms with E-state index >= 15 is 0 Å². The standard InChI is InChI=1S/C34H27IN4O5S/c1-21(40)36-25-14-10-22(11-15-25)18-29(38-32(42)23-6-3-2-4-7-23)33(43)37-26-8-5-9-28(19-26)45-30-20-31(41)39(34(30)44)27-16-12-24(35)13-17-27/h2-19,30H,20H2,1H3,(H,36,40)(H,37,43)(H,38,42)/b29-18-/t30-/m0/s1. The number of hydrogen-bond acceptors (Lipinski definition) is 6. The fraction of sp³-hybridized carbons (Fsp3) is 0.0882. The first kappa shape index (κ1) is 31.7. The van der Waals surface area contributed by atoms with E-state index in [1.807, 2.05) is 12.1 Å². The Balaban J connectivity index is 1.33. The lowest BCUT2D eigenvalue weighted by molar-refractivity contribution is -0.121. The number of hydrogen-bond donors (Lipinski definition) is 3. The van der Waals surface area contributed by atoms with Gasteiger partial charge in [0, 0.05) is 38.7 Å². The first-order valence-electron chi connectivity index (χ1n) is 13.8. The third-order valence-corrected chi connectivity index (χ3v) is 8.53. The van der Waals surface area contributed by atoms with Crippen LogP contribution in [-0.4, -0.2) is 34.8 Å². The summed E-state index contributed by atoms with van der Waals surface area (Å²) in [6, 6.07) is 29.5. The van der Waals surface area contributed by atoms with Crippen molar-refractivity contribution in [1.29, 1.82) is 0 Å². The Morgan fingerprint density at radius 2 is 1.56 bits per heavy atom. The molecule has 0 bridgehead atoms. The van der Waals surface area contributed by atoms with Crippen molar-refractivity contribution in [2.75, 3.05) is 15.5 Å². The quantitative estimate of drug-likeness (QED) is 0.109. The van der Waals surface area contributed by atoms with Gasteiger partial charge in [-0.15, -0.1) is 11.8 Å². The molecule has 45 heavy (non-hydrogen) atoms. The number of amides is 5. The smallest absolute Gasteiger partial charge is 0.272 e. The van der Waals surface area contributed by atoms with Crippen molar-refractivity contribution in [2.45, 2.75) is 23.5 Å². The Bertz CT molecular complexity index is 1790. The number of benzene rings is 4. The second-order valence-corrected chi connectivity index (χ2v) is 12.5. The van der Waals surface area contributed by atoms with Gasteiger partial charge in [0.2, 0.25) is 17.7 Å². The van der Waals surface area contributed by atoms with E-state index in [9.17, 15) is 24.0 Å². The lowest BCUT2D eigenvalue weighted by atomic mass is 10.1. The molecular weight excluding hydrogens is 703 g/mol. The maximum atomic E-state index is 13.5. The minimum atomic E-state index is -0.608. The molecule has 0 radical (unpaired) electrons. The number of carbonyl (C=O) groups is 5. The SMILES string of the molecule is CC(=O)Nc1ccc(/C=C(\NC(=O)c2ccccc2)C(=O)Nc2cccc(S[C@H]3CC(=O)N(c4ccc(I)cc4)C3=O)c2)cc1. The Morgan fingerprint density at radius 1 is 0.844 bits per heavy atom. The average Bonchev–Trinajstić information content (AvgIpc) is 3.30. The van der Waals surface area contributed by atoms with Crippen molar-refractivity contribution in [3.63, 3.8) is 0 Å². The summed E-state index contributed by atoms with van der Waals surface area (Å²) in [6.45, 7) is 1.41. The van der Waals surface area contributed by atoms with Gasteiger partial charge in [-0.2, -0.15) is 0 Å². The Labute approximate surface area is 277 Å². The molecule has 1 aliphatic heterocycles. The minimum Gasteiger partial charge on any atom is -0.326 e. The second-order valence-electron chi connectivity index (χ2n) is 10.0. The molecule has 0 unspecified atom stereocenters. The first-order chi connectivity index (χ1) is 21.7. The Morgan fingerprint density at radius 3 is 2.24 bits per heavy atom. The molecule has 226 valence electrons. The van der Waals surface area contributed by atoms with Crippen molar-refractivity contribution < 1.29 is 24.0 Å². The zero-order chi connectivity index (χ0) is 31.9. The van der Waals surface area contributed by atoms with E-state index < -0.39 is 17.1 Å². The van der Waals surface area contributed by atoms with Crippen molar-refractivity contribution in [3.8, 4) is 0 Å². The van der Waals surface area contributed by atoms with Gasteiger partial charge >= 0.3 is 0 Å². The summed E-state index contributed by atoms with van der Waals surface area (Å²) in [5, 5.41) is 7.61. The molecule has 1 aliphatic rings. The van der Waals surface area contributed by atoms with Gasteiger partial charge in [0.1, 0.15) is 5.70 Å². The van der Waals surface area contributed by atoms with E-state index in [2.05, 4.69) is 38.5 Å². The van der Waals surface area contributed by atoms with E-state index in [0.29, 0.717) is 33.1 Å². The molecular formula is C34H27IN4O5S. The fourth-order valence-corrected chi connectivity index (χ4v) is 6.01. The highest BCUT2D eigenvalue weighted by molar-refractivity contribution is 14.1. The van der Waals surface area contributed by atoms with Crippen LogP contribution in [0.5, 0.6) is 0 Å². The maximum Gasteiger partial charge on any atom is 0.272 e.